The number of nitrogens with one attached hydrogen (secondary N) is 1. The average molecular weight is 212 g/mol. The summed E-state index contributed by atoms with van der Waals surface area (Å²) < 4.78 is 12.7. The van der Waals surface area contributed by atoms with E-state index in [1.54, 1.807) is 13.1 Å². The van der Waals surface area contributed by atoms with Crippen LogP contribution in [-0.2, 0) is 6.54 Å². The summed E-state index contributed by atoms with van der Waals surface area (Å²) >= 11 is 0. The number of pyridine rings is 1. The van der Waals surface area contributed by atoms with E-state index in [9.17, 15) is 4.39 Å². The SMILES string of the molecule is CC(O)CCCNCc1cncc(F)c1. The molecule has 1 aromatic heterocycles. The van der Waals surface area contributed by atoms with Crippen LogP contribution in [0, 0.1) is 5.82 Å². The second kappa shape index (κ2) is 6.48. The van der Waals surface area contributed by atoms with E-state index in [-0.39, 0.29) is 11.9 Å². The van der Waals surface area contributed by atoms with Gasteiger partial charge in [-0.1, -0.05) is 0 Å². The van der Waals surface area contributed by atoms with Gasteiger partial charge in [0.2, 0.25) is 0 Å². The number of hydrogen-bond donors (Lipinski definition) is 2. The number of aliphatic hydroxyl groups is 1. The lowest BCUT2D eigenvalue weighted by Gasteiger charge is -2.06. The summed E-state index contributed by atoms with van der Waals surface area (Å²) in [5.41, 5.74) is 0.840. The zero-order valence-electron chi connectivity index (χ0n) is 8.91. The van der Waals surface area contributed by atoms with E-state index >= 15 is 0 Å². The summed E-state index contributed by atoms with van der Waals surface area (Å²) in [7, 11) is 0. The van der Waals surface area contributed by atoms with Crippen LogP contribution >= 0.6 is 0 Å². The molecule has 15 heavy (non-hydrogen) atoms. The maximum absolute atomic E-state index is 12.7. The number of halogens is 1. The first-order valence-electron chi connectivity index (χ1n) is 5.16. The number of hydrogen-bond acceptors (Lipinski definition) is 3. The highest BCUT2D eigenvalue weighted by Crippen LogP contribution is 2.00. The van der Waals surface area contributed by atoms with Crippen LogP contribution in [0.15, 0.2) is 18.5 Å². The highest BCUT2D eigenvalue weighted by Gasteiger charge is 1.97. The van der Waals surface area contributed by atoms with Crippen molar-refractivity contribution in [3.8, 4) is 0 Å². The van der Waals surface area contributed by atoms with Gasteiger partial charge in [-0.3, -0.25) is 4.98 Å². The van der Waals surface area contributed by atoms with Crippen LogP contribution in [-0.4, -0.2) is 22.7 Å². The third-order valence-corrected chi connectivity index (χ3v) is 2.07. The van der Waals surface area contributed by atoms with Gasteiger partial charge in [0, 0.05) is 12.7 Å². The zero-order chi connectivity index (χ0) is 11.1. The van der Waals surface area contributed by atoms with E-state index < -0.39 is 0 Å². The largest absolute Gasteiger partial charge is 0.393 e. The van der Waals surface area contributed by atoms with Gasteiger partial charge in [0.1, 0.15) is 5.82 Å². The Labute approximate surface area is 89.4 Å². The van der Waals surface area contributed by atoms with Gasteiger partial charge in [0.15, 0.2) is 0 Å². The van der Waals surface area contributed by atoms with Crippen molar-refractivity contribution in [2.45, 2.75) is 32.4 Å². The summed E-state index contributed by atoms with van der Waals surface area (Å²) in [5.74, 6) is -0.307. The molecule has 0 aliphatic rings. The van der Waals surface area contributed by atoms with Crippen molar-refractivity contribution in [3.63, 3.8) is 0 Å². The van der Waals surface area contributed by atoms with Crippen LogP contribution in [0.4, 0.5) is 4.39 Å². The molecule has 0 aliphatic heterocycles. The first kappa shape index (κ1) is 12.1. The molecular formula is C11H17FN2O. The molecule has 2 N–H and O–H groups in total. The molecule has 4 heteroatoms. The molecule has 1 aromatic rings. The Bertz CT molecular complexity index is 292. The molecule has 0 bridgehead atoms. The second-order valence-corrected chi connectivity index (χ2v) is 3.68. The molecule has 0 spiro atoms. The van der Waals surface area contributed by atoms with Crippen molar-refractivity contribution in [1.82, 2.24) is 10.3 Å². The van der Waals surface area contributed by atoms with Crippen molar-refractivity contribution >= 4 is 0 Å². The van der Waals surface area contributed by atoms with Gasteiger partial charge in [-0.25, -0.2) is 4.39 Å². The Morgan fingerprint density at radius 3 is 3.00 bits per heavy atom. The summed E-state index contributed by atoms with van der Waals surface area (Å²) in [5, 5.41) is 12.2. The summed E-state index contributed by atoms with van der Waals surface area (Å²) in [6.45, 7) is 3.21. The minimum Gasteiger partial charge on any atom is -0.393 e. The zero-order valence-corrected chi connectivity index (χ0v) is 8.91. The Morgan fingerprint density at radius 2 is 2.33 bits per heavy atom. The Morgan fingerprint density at radius 1 is 1.53 bits per heavy atom. The molecule has 1 unspecified atom stereocenters. The quantitative estimate of drug-likeness (QED) is 0.702. The molecule has 0 fully saturated rings. The molecule has 0 radical (unpaired) electrons. The number of nitrogens with zero attached hydrogens (tertiary/aromatic N) is 1. The molecule has 0 aliphatic carbocycles. The van der Waals surface area contributed by atoms with Crippen molar-refractivity contribution in [2.75, 3.05) is 6.54 Å². The lowest BCUT2D eigenvalue weighted by atomic mass is 10.2. The monoisotopic (exact) mass is 212 g/mol. The minimum atomic E-state index is -0.307. The van der Waals surface area contributed by atoms with Gasteiger partial charge in [-0.2, -0.15) is 0 Å². The van der Waals surface area contributed by atoms with Crippen LogP contribution in [0.25, 0.3) is 0 Å². The van der Waals surface area contributed by atoms with Gasteiger partial charge >= 0.3 is 0 Å². The van der Waals surface area contributed by atoms with Crippen LogP contribution in [0.5, 0.6) is 0 Å². The van der Waals surface area contributed by atoms with Crippen LogP contribution in [0.2, 0.25) is 0 Å². The van der Waals surface area contributed by atoms with E-state index in [1.165, 1.54) is 12.3 Å². The highest BCUT2D eigenvalue weighted by molar-refractivity contribution is 5.09. The van der Waals surface area contributed by atoms with E-state index in [0.29, 0.717) is 6.54 Å². The van der Waals surface area contributed by atoms with Crippen molar-refractivity contribution < 1.29 is 9.50 Å². The highest BCUT2D eigenvalue weighted by atomic mass is 19.1. The number of rotatable bonds is 6. The molecule has 0 saturated carbocycles. The lowest BCUT2D eigenvalue weighted by molar-refractivity contribution is 0.181. The van der Waals surface area contributed by atoms with Crippen LogP contribution in [0.1, 0.15) is 25.3 Å². The van der Waals surface area contributed by atoms with Crippen molar-refractivity contribution in [3.05, 3.63) is 29.8 Å². The first-order chi connectivity index (χ1) is 7.18. The molecule has 84 valence electrons. The number of aromatic nitrogens is 1. The van der Waals surface area contributed by atoms with Crippen LogP contribution in [0.3, 0.4) is 0 Å². The lowest BCUT2D eigenvalue weighted by Crippen LogP contribution is -2.16. The fourth-order valence-corrected chi connectivity index (χ4v) is 1.31. The molecule has 0 amide bonds. The summed E-state index contributed by atoms with van der Waals surface area (Å²) in [6, 6.07) is 1.47. The smallest absolute Gasteiger partial charge is 0.141 e. The normalized spacial score (nSPS) is 12.7. The maximum atomic E-state index is 12.7. The third kappa shape index (κ3) is 5.44. The molecule has 1 atom stereocenters. The topological polar surface area (TPSA) is 45.1 Å². The molecule has 0 saturated heterocycles. The summed E-state index contributed by atoms with van der Waals surface area (Å²) in [6.07, 6.45) is 4.29. The van der Waals surface area contributed by atoms with Gasteiger partial charge in [0.05, 0.1) is 12.3 Å². The second-order valence-electron chi connectivity index (χ2n) is 3.68. The summed E-state index contributed by atoms with van der Waals surface area (Å²) in [4.78, 5) is 3.76. The Hall–Kier alpha value is -1.00. The third-order valence-electron chi connectivity index (χ3n) is 2.07. The van der Waals surface area contributed by atoms with Crippen molar-refractivity contribution in [2.24, 2.45) is 0 Å². The van der Waals surface area contributed by atoms with Gasteiger partial charge in [-0.15, -0.1) is 0 Å². The van der Waals surface area contributed by atoms with E-state index in [4.69, 9.17) is 5.11 Å². The molecule has 1 heterocycles. The molecule has 3 nitrogen and oxygen atoms in total. The fraction of sp³-hybridized carbons (Fsp3) is 0.545. The van der Waals surface area contributed by atoms with Gasteiger partial charge in [-0.05, 0) is 37.9 Å². The standard InChI is InChI=1S/C11H17FN2O/c1-9(15)3-2-4-13-6-10-5-11(12)8-14-7-10/h5,7-9,13,15H,2-4,6H2,1H3. The Balaban J connectivity index is 2.15. The maximum Gasteiger partial charge on any atom is 0.141 e. The predicted octanol–water partition coefficient (Wildman–Crippen LogP) is 1.47. The predicted molar refractivity (Wildman–Crippen MR) is 56.8 cm³/mol. The van der Waals surface area contributed by atoms with E-state index in [2.05, 4.69) is 10.3 Å². The fourth-order valence-electron chi connectivity index (χ4n) is 1.31. The minimum absolute atomic E-state index is 0.248. The molecular weight excluding hydrogens is 195 g/mol. The van der Waals surface area contributed by atoms with Crippen LogP contribution < -0.4 is 5.32 Å². The van der Waals surface area contributed by atoms with E-state index in [0.717, 1.165) is 24.9 Å². The molecule has 1 rings (SSSR count). The average Bonchev–Trinajstić information content (AvgIpc) is 2.17. The Kier molecular flexibility index (Phi) is 5.21. The van der Waals surface area contributed by atoms with E-state index in [1.807, 2.05) is 0 Å². The van der Waals surface area contributed by atoms with Gasteiger partial charge < -0.3 is 10.4 Å². The van der Waals surface area contributed by atoms with Crippen molar-refractivity contribution in [1.29, 1.82) is 0 Å². The first-order valence-corrected chi connectivity index (χ1v) is 5.16. The number of aliphatic hydroxyl groups excluding tert-OH is 1. The molecule has 0 aromatic carbocycles. The van der Waals surface area contributed by atoms with Gasteiger partial charge in [0.25, 0.3) is 0 Å².